The van der Waals surface area contributed by atoms with Crippen molar-refractivity contribution in [2.75, 3.05) is 0 Å². The summed E-state index contributed by atoms with van der Waals surface area (Å²) in [6, 6.07) is 13.0. The van der Waals surface area contributed by atoms with Crippen LogP contribution in [-0.4, -0.2) is 15.3 Å². The Balaban J connectivity index is 1.92. The summed E-state index contributed by atoms with van der Waals surface area (Å²) in [6.45, 7) is 3.76. The molecule has 3 rings (SSSR count). The van der Waals surface area contributed by atoms with Crippen LogP contribution in [0.25, 0.3) is 5.65 Å². The Morgan fingerprint density at radius 1 is 1.17 bits per heavy atom. The SMILES string of the molecule is Cc1ccc2ncc(C(=O)N[C@H](C)c3ccccc3)c(=O)n2c1. The van der Waals surface area contributed by atoms with E-state index in [9.17, 15) is 9.59 Å². The van der Waals surface area contributed by atoms with E-state index in [4.69, 9.17) is 0 Å². The number of hydrogen-bond acceptors (Lipinski definition) is 3. The Hall–Kier alpha value is -2.95. The number of carbonyl (C=O) groups is 1. The van der Waals surface area contributed by atoms with Gasteiger partial charge in [0.2, 0.25) is 0 Å². The van der Waals surface area contributed by atoms with Crippen molar-refractivity contribution in [3.8, 4) is 0 Å². The van der Waals surface area contributed by atoms with E-state index in [1.54, 1.807) is 12.3 Å². The third-order valence-corrected chi connectivity index (χ3v) is 3.74. The van der Waals surface area contributed by atoms with Crippen molar-refractivity contribution >= 4 is 11.6 Å². The molecule has 23 heavy (non-hydrogen) atoms. The first-order valence-corrected chi connectivity index (χ1v) is 7.40. The molecule has 0 saturated heterocycles. The minimum absolute atomic E-state index is 0.0379. The lowest BCUT2D eigenvalue weighted by Crippen LogP contribution is -2.33. The lowest BCUT2D eigenvalue weighted by Gasteiger charge is -2.14. The van der Waals surface area contributed by atoms with Crippen molar-refractivity contribution in [3.63, 3.8) is 0 Å². The fourth-order valence-electron chi connectivity index (χ4n) is 2.44. The smallest absolute Gasteiger partial charge is 0.270 e. The van der Waals surface area contributed by atoms with Crippen LogP contribution in [0.5, 0.6) is 0 Å². The number of carbonyl (C=O) groups excluding carboxylic acids is 1. The highest BCUT2D eigenvalue weighted by Crippen LogP contribution is 2.11. The molecule has 1 amide bonds. The van der Waals surface area contributed by atoms with Gasteiger partial charge in [-0.15, -0.1) is 0 Å². The van der Waals surface area contributed by atoms with Gasteiger partial charge in [0.15, 0.2) is 0 Å². The van der Waals surface area contributed by atoms with Crippen LogP contribution in [0.2, 0.25) is 0 Å². The topological polar surface area (TPSA) is 63.5 Å². The molecule has 0 radical (unpaired) electrons. The number of pyridine rings is 1. The lowest BCUT2D eigenvalue weighted by molar-refractivity contribution is 0.0938. The summed E-state index contributed by atoms with van der Waals surface area (Å²) in [5.74, 6) is -0.422. The first-order chi connectivity index (χ1) is 11.1. The van der Waals surface area contributed by atoms with Crippen LogP contribution in [0.1, 0.15) is 34.5 Å². The average molecular weight is 307 g/mol. The number of rotatable bonds is 3. The van der Waals surface area contributed by atoms with Crippen LogP contribution in [0.15, 0.2) is 59.7 Å². The highest BCUT2D eigenvalue weighted by molar-refractivity contribution is 5.94. The van der Waals surface area contributed by atoms with Crippen LogP contribution in [0.4, 0.5) is 0 Å². The van der Waals surface area contributed by atoms with E-state index in [2.05, 4.69) is 10.3 Å². The van der Waals surface area contributed by atoms with Gasteiger partial charge in [-0.2, -0.15) is 0 Å². The Kier molecular flexibility index (Phi) is 3.93. The lowest BCUT2D eigenvalue weighted by atomic mass is 10.1. The van der Waals surface area contributed by atoms with Crippen LogP contribution < -0.4 is 10.9 Å². The predicted molar refractivity (Wildman–Crippen MR) is 88.5 cm³/mol. The van der Waals surface area contributed by atoms with Gasteiger partial charge in [0, 0.05) is 12.4 Å². The highest BCUT2D eigenvalue weighted by Gasteiger charge is 2.16. The molecule has 3 aromatic rings. The van der Waals surface area contributed by atoms with E-state index in [0.29, 0.717) is 5.65 Å². The minimum Gasteiger partial charge on any atom is -0.345 e. The minimum atomic E-state index is -0.422. The van der Waals surface area contributed by atoms with Crippen molar-refractivity contribution < 1.29 is 4.79 Å². The number of hydrogen-bond donors (Lipinski definition) is 1. The summed E-state index contributed by atoms with van der Waals surface area (Å²) in [4.78, 5) is 29.1. The van der Waals surface area contributed by atoms with E-state index >= 15 is 0 Å². The van der Waals surface area contributed by atoms with Gasteiger partial charge < -0.3 is 5.32 Å². The third-order valence-electron chi connectivity index (χ3n) is 3.74. The fraction of sp³-hybridized carbons (Fsp3) is 0.167. The van der Waals surface area contributed by atoms with Gasteiger partial charge in [0.05, 0.1) is 6.04 Å². The highest BCUT2D eigenvalue weighted by atomic mass is 16.2. The Bertz CT molecular complexity index is 916. The van der Waals surface area contributed by atoms with Crippen molar-refractivity contribution in [2.24, 2.45) is 0 Å². The van der Waals surface area contributed by atoms with Gasteiger partial charge in [-0.25, -0.2) is 4.98 Å². The summed E-state index contributed by atoms with van der Waals surface area (Å²) in [7, 11) is 0. The Labute approximate surface area is 133 Å². The first kappa shape index (κ1) is 15.0. The molecule has 5 nitrogen and oxygen atoms in total. The van der Waals surface area contributed by atoms with Crippen molar-refractivity contribution in [2.45, 2.75) is 19.9 Å². The molecule has 5 heteroatoms. The molecule has 0 fully saturated rings. The van der Waals surface area contributed by atoms with E-state index in [-0.39, 0.29) is 17.2 Å². The maximum Gasteiger partial charge on any atom is 0.270 e. The molecule has 1 aromatic carbocycles. The van der Waals surface area contributed by atoms with Gasteiger partial charge in [0.25, 0.3) is 11.5 Å². The van der Waals surface area contributed by atoms with E-state index in [1.165, 1.54) is 10.6 Å². The van der Waals surface area contributed by atoms with Crippen LogP contribution in [-0.2, 0) is 0 Å². The van der Waals surface area contributed by atoms with Crippen LogP contribution in [0, 0.1) is 6.92 Å². The molecule has 2 heterocycles. The Morgan fingerprint density at radius 3 is 2.65 bits per heavy atom. The van der Waals surface area contributed by atoms with Crippen LogP contribution in [0.3, 0.4) is 0 Å². The monoisotopic (exact) mass is 307 g/mol. The molecule has 116 valence electrons. The summed E-state index contributed by atoms with van der Waals surface area (Å²) in [5, 5.41) is 2.84. The number of nitrogens with zero attached hydrogens (tertiary/aromatic N) is 2. The first-order valence-electron chi connectivity index (χ1n) is 7.40. The number of aromatic nitrogens is 2. The molecule has 0 saturated carbocycles. The maximum absolute atomic E-state index is 12.5. The normalized spacial score (nSPS) is 12.1. The van der Waals surface area contributed by atoms with Gasteiger partial charge in [-0.1, -0.05) is 36.4 Å². The van der Waals surface area contributed by atoms with Crippen molar-refractivity contribution in [1.29, 1.82) is 0 Å². The molecule has 0 aliphatic carbocycles. The molecule has 0 unspecified atom stereocenters. The largest absolute Gasteiger partial charge is 0.345 e. The van der Waals surface area contributed by atoms with Gasteiger partial charge in [-0.3, -0.25) is 14.0 Å². The van der Waals surface area contributed by atoms with E-state index in [1.807, 2.05) is 50.2 Å². The molecule has 1 N–H and O–H groups in total. The summed E-state index contributed by atoms with van der Waals surface area (Å²) in [6.07, 6.45) is 3.02. The number of amides is 1. The quantitative estimate of drug-likeness (QED) is 0.808. The maximum atomic E-state index is 12.5. The summed E-state index contributed by atoms with van der Waals surface area (Å²) >= 11 is 0. The fourth-order valence-corrected chi connectivity index (χ4v) is 2.44. The molecular formula is C18H17N3O2. The Morgan fingerprint density at radius 2 is 1.91 bits per heavy atom. The second-order valence-corrected chi connectivity index (χ2v) is 5.52. The molecule has 2 aromatic heterocycles. The standard InChI is InChI=1S/C18H17N3O2/c1-12-8-9-16-19-10-15(18(23)21(16)11-12)17(22)20-13(2)14-6-4-3-5-7-14/h3-11,13H,1-2H3,(H,20,22)/t13-/m1/s1. The van der Waals surface area contributed by atoms with Gasteiger partial charge in [0.1, 0.15) is 11.2 Å². The number of nitrogens with one attached hydrogen (secondary N) is 1. The third kappa shape index (κ3) is 2.99. The molecule has 0 aliphatic heterocycles. The molecule has 0 aliphatic rings. The van der Waals surface area contributed by atoms with E-state index < -0.39 is 5.91 Å². The van der Waals surface area contributed by atoms with Crippen molar-refractivity contribution in [1.82, 2.24) is 14.7 Å². The summed E-state index contributed by atoms with van der Waals surface area (Å²) in [5.41, 5.74) is 2.10. The second kappa shape index (κ2) is 6.04. The molecule has 0 spiro atoms. The summed E-state index contributed by atoms with van der Waals surface area (Å²) < 4.78 is 1.40. The zero-order valence-corrected chi connectivity index (χ0v) is 13.0. The zero-order valence-electron chi connectivity index (χ0n) is 13.0. The molecular weight excluding hydrogens is 290 g/mol. The average Bonchev–Trinajstić information content (AvgIpc) is 2.56. The van der Waals surface area contributed by atoms with E-state index in [0.717, 1.165) is 11.1 Å². The number of benzene rings is 1. The van der Waals surface area contributed by atoms with Crippen molar-refractivity contribution in [3.05, 3.63) is 81.9 Å². The number of fused-ring (bicyclic) bond motifs is 1. The zero-order chi connectivity index (χ0) is 16.4. The second-order valence-electron chi connectivity index (χ2n) is 5.52. The predicted octanol–water partition coefficient (Wildman–Crippen LogP) is 2.49. The van der Waals surface area contributed by atoms with Gasteiger partial charge in [-0.05, 0) is 31.0 Å². The number of aryl methyl sites for hydroxylation is 1. The molecule has 1 atom stereocenters. The van der Waals surface area contributed by atoms with Crippen LogP contribution >= 0.6 is 0 Å². The molecule has 0 bridgehead atoms. The van der Waals surface area contributed by atoms with Gasteiger partial charge >= 0.3 is 0 Å².